The Labute approximate surface area is 126 Å². The van der Waals surface area contributed by atoms with Crippen LogP contribution in [0, 0.1) is 0 Å². The van der Waals surface area contributed by atoms with E-state index in [4.69, 9.17) is 5.73 Å². The summed E-state index contributed by atoms with van der Waals surface area (Å²) in [6, 6.07) is 8.33. The molecule has 1 aromatic carbocycles. The number of nitrogens with zero attached hydrogens (tertiary/aromatic N) is 2. The Bertz CT molecular complexity index is 471. The van der Waals surface area contributed by atoms with Crippen molar-refractivity contribution in [3.8, 4) is 0 Å². The molecule has 21 heavy (non-hydrogen) atoms. The average molecular weight is 287 g/mol. The van der Waals surface area contributed by atoms with Crippen LogP contribution in [0.2, 0.25) is 0 Å². The molecule has 0 unspecified atom stereocenters. The molecule has 3 rings (SSSR count). The first-order valence-corrected chi connectivity index (χ1v) is 8.08. The van der Waals surface area contributed by atoms with Gasteiger partial charge in [0.05, 0.1) is 6.42 Å². The molecule has 2 fully saturated rings. The molecule has 0 aliphatic carbocycles. The lowest BCUT2D eigenvalue weighted by atomic mass is 10.0. The Kier molecular flexibility index (Phi) is 4.44. The van der Waals surface area contributed by atoms with E-state index in [0.29, 0.717) is 12.5 Å². The lowest BCUT2D eigenvalue weighted by Gasteiger charge is -2.36. The molecule has 1 amide bonds. The van der Waals surface area contributed by atoms with E-state index < -0.39 is 0 Å². The van der Waals surface area contributed by atoms with Gasteiger partial charge in [-0.1, -0.05) is 12.1 Å². The number of hydrogen-bond donors (Lipinski definition) is 1. The van der Waals surface area contributed by atoms with E-state index in [2.05, 4.69) is 4.90 Å². The minimum absolute atomic E-state index is 0.250. The molecule has 2 aliphatic heterocycles. The summed E-state index contributed by atoms with van der Waals surface area (Å²) < 4.78 is 0. The van der Waals surface area contributed by atoms with Gasteiger partial charge in [0, 0.05) is 24.8 Å². The predicted octanol–water partition coefficient (Wildman–Crippen LogP) is 1.90. The van der Waals surface area contributed by atoms with Gasteiger partial charge in [-0.15, -0.1) is 0 Å². The van der Waals surface area contributed by atoms with Crippen LogP contribution in [0.1, 0.15) is 31.2 Å². The number of benzene rings is 1. The Morgan fingerprint density at radius 2 is 1.67 bits per heavy atom. The van der Waals surface area contributed by atoms with Crippen LogP contribution in [-0.2, 0) is 11.2 Å². The van der Waals surface area contributed by atoms with Crippen molar-refractivity contribution in [2.24, 2.45) is 0 Å². The molecular weight excluding hydrogens is 262 g/mol. The number of carbonyl (C=O) groups excluding carboxylic acids is 1. The molecule has 2 heterocycles. The molecule has 2 saturated heterocycles. The molecule has 0 saturated carbocycles. The number of rotatable bonds is 3. The molecular formula is C17H25N3O. The van der Waals surface area contributed by atoms with Crippen molar-refractivity contribution in [1.29, 1.82) is 0 Å². The van der Waals surface area contributed by atoms with Crippen LogP contribution < -0.4 is 5.73 Å². The van der Waals surface area contributed by atoms with Gasteiger partial charge in [0.15, 0.2) is 0 Å². The van der Waals surface area contributed by atoms with E-state index in [1.807, 2.05) is 29.2 Å². The topological polar surface area (TPSA) is 49.6 Å². The van der Waals surface area contributed by atoms with Crippen molar-refractivity contribution in [3.63, 3.8) is 0 Å². The number of hydrogen-bond acceptors (Lipinski definition) is 3. The molecule has 114 valence electrons. The minimum atomic E-state index is 0.250. The maximum atomic E-state index is 12.4. The van der Waals surface area contributed by atoms with Crippen molar-refractivity contribution in [1.82, 2.24) is 9.80 Å². The first-order chi connectivity index (χ1) is 10.2. The Morgan fingerprint density at radius 3 is 2.29 bits per heavy atom. The highest BCUT2D eigenvalue weighted by Crippen LogP contribution is 2.21. The molecule has 0 atom stereocenters. The summed E-state index contributed by atoms with van der Waals surface area (Å²) in [4.78, 5) is 17.0. The largest absolute Gasteiger partial charge is 0.399 e. The van der Waals surface area contributed by atoms with Crippen LogP contribution in [0.4, 0.5) is 5.69 Å². The van der Waals surface area contributed by atoms with E-state index in [0.717, 1.165) is 37.2 Å². The Balaban J connectivity index is 1.49. The highest BCUT2D eigenvalue weighted by atomic mass is 16.2. The summed E-state index contributed by atoms with van der Waals surface area (Å²) in [5, 5.41) is 0. The number of likely N-dealkylation sites (tertiary alicyclic amines) is 2. The summed E-state index contributed by atoms with van der Waals surface area (Å²) in [5.41, 5.74) is 7.47. The predicted molar refractivity (Wildman–Crippen MR) is 85.0 cm³/mol. The quantitative estimate of drug-likeness (QED) is 0.864. The first-order valence-electron chi connectivity index (χ1n) is 8.08. The van der Waals surface area contributed by atoms with Crippen molar-refractivity contribution >= 4 is 11.6 Å². The van der Waals surface area contributed by atoms with Gasteiger partial charge in [-0.2, -0.15) is 0 Å². The fourth-order valence-corrected chi connectivity index (χ4v) is 3.51. The van der Waals surface area contributed by atoms with Crippen LogP contribution in [0.5, 0.6) is 0 Å². The number of nitrogen functional groups attached to an aromatic ring is 1. The summed E-state index contributed by atoms with van der Waals surface area (Å²) in [5.74, 6) is 0.250. The number of amides is 1. The molecule has 4 nitrogen and oxygen atoms in total. The number of carbonyl (C=O) groups is 1. The number of anilines is 1. The van der Waals surface area contributed by atoms with Gasteiger partial charge in [-0.05, 0) is 56.5 Å². The smallest absolute Gasteiger partial charge is 0.226 e. The lowest BCUT2D eigenvalue weighted by Crippen LogP contribution is -2.46. The van der Waals surface area contributed by atoms with Gasteiger partial charge >= 0.3 is 0 Å². The second kappa shape index (κ2) is 6.48. The van der Waals surface area contributed by atoms with Crippen LogP contribution in [0.25, 0.3) is 0 Å². The standard InChI is InChI=1S/C17H25N3O/c18-15-5-3-14(4-6-15)13-17(21)20-11-7-16(8-12-20)19-9-1-2-10-19/h3-6,16H,1-2,7-13,18H2. The van der Waals surface area contributed by atoms with Gasteiger partial charge < -0.3 is 15.5 Å². The summed E-state index contributed by atoms with van der Waals surface area (Å²) in [6.45, 7) is 4.33. The van der Waals surface area contributed by atoms with Crippen molar-refractivity contribution < 1.29 is 4.79 Å². The molecule has 2 N–H and O–H groups in total. The van der Waals surface area contributed by atoms with Gasteiger partial charge in [-0.3, -0.25) is 4.79 Å². The maximum absolute atomic E-state index is 12.4. The summed E-state index contributed by atoms with van der Waals surface area (Å²) in [7, 11) is 0. The molecule has 0 spiro atoms. The van der Waals surface area contributed by atoms with Gasteiger partial charge in [0.2, 0.25) is 5.91 Å². The van der Waals surface area contributed by atoms with E-state index in [1.54, 1.807) is 0 Å². The van der Waals surface area contributed by atoms with E-state index >= 15 is 0 Å². The van der Waals surface area contributed by atoms with Crippen LogP contribution >= 0.6 is 0 Å². The molecule has 0 aromatic heterocycles. The van der Waals surface area contributed by atoms with E-state index in [9.17, 15) is 4.79 Å². The molecule has 2 aliphatic rings. The van der Waals surface area contributed by atoms with E-state index in [-0.39, 0.29) is 5.91 Å². The molecule has 4 heteroatoms. The van der Waals surface area contributed by atoms with Crippen molar-refractivity contribution in [2.45, 2.75) is 38.1 Å². The van der Waals surface area contributed by atoms with Gasteiger partial charge in [0.25, 0.3) is 0 Å². The monoisotopic (exact) mass is 287 g/mol. The van der Waals surface area contributed by atoms with Crippen molar-refractivity contribution in [3.05, 3.63) is 29.8 Å². The fourth-order valence-electron chi connectivity index (χ4n) is 3.51. The second-order valence-corrected chi connectivity index (χ2v) is 6.27. The summed E-state index contributed by atoms with van der Waals surface area (Å²) >= 11 is 0. The Hall–Kier alpha value is -1.55. The third-order valence-electron chi connectivity index (χ3n) is 4.81. The highest BCUT2D eigenvalue weighted by Gasteiger charge is 2.28. The first kappa shape index (κ1) is 14.4. The van der Waals surface area contributed by atoms with Crippen molar-refractivity contribution in [2.75, 3.05) is 31.9 Å². The second-order valence-electron chi connectivity index (χ2n) is 6.27. The zero-order chi connectivity index (χ0) is 14.7. The average Bonchev–Trinajstić information content (AvgIpc) is 3.04. The Morgan fingerprint density at radius 1 is 1.05 bits per heavy atom. The third-order valence-corrected chi connectivity index (χ3v) is 4.81. The molecule has 1 aromatic rings. The third kappa shape index (κ3) is 3.56. The van der Waals surface area contributed by atoms with Gasteiger partial charge in [-0.25, -0.2) is 0 Å². The number of nitrogens with two attached hydrogens (primary N) is 1. The minimum Gasteiger partial charge on any atom is -0.399 e. The fraction of sp³-hybridized carbons (Fsp3) is 0.588. The summed E-state index contributed by atoms with van der Waals surface area (Å²) in [6.07, 6.45) is 5.45. The van der Waals surface area contributed by atoms with E-state index in [1.165, 1.54) is 25.9 Å². The maximum Gasteiger partial charge on any atom is 0.226 e. The van der Waals surface area contributed by atoms with Crippen LogP contribution in [0.3, 0.4) is 0 Å². The SMILES string of the molecule is Nc1ccc(CC(=O)N2CCC(N3CCCC3)CC2)cc1. The zero-order valence-electron chi connectivity index (χ0n) is 12.6. The number of piperidine rings is 1. The van der Waals surface area contributed by atoms with Crippen LogP contribution in [-0.4, -0.2) is 47.9 Å². The normalized spacial score (nSPS) is 20.9. The molecule has 0 radical (unpaired) electrons. The van der Waals surface area contributed by atoms with Gasteiger partial charge in [0.1, 0.15) is 0 Å². The highest BCUT2D eigenvalue weighted by molar-refractivity contribution is 5.79. The zero-order valence-corrected chi connectivity index (χ0v) is 12.6. The molecule has 0 bridgehead atoms. The van der Waals surface area contributed by atoms with Crippen LogP contribution in [0.15, 0.2) is 24.3 Å². The lowest BCUT2D eigenvalue weighted by molar-refractivity contribution is -0.132.